The first-order chi connectivity index (χ1) is 15.9. The lowest BCUT2D eigenvalue weighted by atomic mass is 9.89. The summed E-state index contributed by atoms with van der Waals surface area (Å²) in [5, 5.41) is 2.68. The van der Waals surface area contributed by atoms with E-state index < -0.39 is 41.6 Å². The number of rotatable bonds is 4. The van der Waals surface area contributed by atoms with E-state index in [2.05, 4.69) is 5.32 Å². The van der Waals surface area contributed by atoms with Gasteiger partial charge in [0.25, 0.3) is 0 Å². The second-order valence-electron chi connectivity index (χ2n) is 9.18. The van der Waals surface area contributed by atoms with Gasteiger partial charge in [-0.05, 0) is 62.9 Å². The number of nitrogens with one attached hydrogen (secondary N) is 1. The predicted octanol–water partition coefficient (Wildman–Crippen LogP) is 6.60. The summed E-state index contributed by atoms with van der Waals surface area (Å²) in [5.74, 6) is 0. The zero-order chi connectivity index (χ0) is 25.1. The molecule has 0 fully saturated rings. The summed E-state index contributed by atoms with van der Waals surface area (Å²) in [6, 6.07) is 11.1. The van der Waals surface area contributed by atoms with Gasteiger partial charge in [0.05, 0.1) is 17.3 Å². The van der Waals surface area contributed by atoms with Crippen molar-refractivity contribution in [1.29, 1.82) is 0 Å². The average molecular weight is 479 g/mol. The summed E-state index contributed by atoms with van der Waals surface area (Å²) >= 11 is 0. The molecular formula is C25H29F3N2O4. The number of nitrogens with zero attached hydrogens (tertiary/aromatic N) is 1. The molecule has 0 saturated carbocycles. The Balaban J connectivity index is 1.94. The molecule has 1 aliphatic heterocycles. The Bertz CT molecular complexity index is 1020. The van der Waals surface area contributed by atoms with Crippen LogP contribution in [0.2, 0.25) is 0 Å². The monoisotopic (exact) mass is 478 g/mol. The predicted molar refractivity (Wildman–Crippen MR) is 121 cm³/mol. The molecule has 2 aromatic carbocycles. The number of hydrogen-bond acceptors (Lipinski definition) is 4. The number of alkyl carbamates (subject to hydrolysis) is 1. The molecule has 0 radical (unpaired) electrons. The summed E-state index contributed by atoms with van der Waals surface area (Å²) in [7, 11) is 0. The number of halogens is 3. The van der Waals surface area contributed by atoms with Crippen LogP contribution in [0.4, 0.5) is 28.4 Å². The SMILES string of the molecule is CC[C@H]1CC(NC(=O)OC(C)(C)C)c2cc(C(F)(F)F)ccc2N1C(=O)OCc1ccccc1. The van der Waals surface area contributed by atoms with Crippen LogP contribution >= 0.6 is 0 Å². The third-order valence-corrected chi connectivity index (χ3v) is 5.43. The van der Waals surface area contributed by atoms with Crippen LogP contribution in [0.15, 0.2) is 48.5 Å². The van der Waals surface area contributed by atoms with Gasteiger partial charge in [-0.25, -0.2) is 9.59 Å². The Hall–Kier alpha value is -3.23. The molecule has 2 atom stereocenters. The molecule has 1 unspecified atom stereocenters. The summed E-state index contributed by atoms with van der Waals surface area (Å²) in [6.45, 7) is 6.98. The smallest absolute Gasteiger partial charge is 0.416 e. The molecule has 2 aromatic rings. The maximum atomic E-state index is 13.5. The van der Waals surface area contributed by atoms with Crippen molar-refractivity contribution in [3.05, 3.63) is 65.2 Å². The summed E-state index contributed by atoms with van der Waals surface area (Å²) < 4.78 is 51.2. The van der Waals surface area contributed by atoms with Crippen LogP contribution in [0.3, 0.4) is 0 Å². The van der Waals surface area contributed by atoms with Gasteiger partial charge in [0.15, 0.2) is 0 Å². The number of carbonyl (C=O) groups excluding carboxylic acids is 2. The maximum Gasteiger partial charge on any atom is 0.416 e. The quantitative estimate of drug-likeness (QED) is 0.538. The highest BCUT2D eigenvalue weighted by Crippen LogP contribution is 2.42. The number of fused-ring (bicyclic) bond motifs is 1. The Morgan fingerprint density at radius 2 is 1.76 bits per heavy atom. The van der Waals surface area contributed by atoms with Crippen LogP contribution < -0.4 is 10.2 Å². The molecular weight excluding hydrogens is 449 g/mol. The van der Waals surface area contributed by atoms with E-state index >= 15 is 0 Å². The molecule has 0 spiro atoms. The number of hydrogen-bond donors (Lipinski definition) is 1. The first-order valence-corrected chi connectivity index (χ1v) is 11.1. The van der Waals surface area contributed by atoms with Gasteiger partial charge in [-0.3, -0.25) is 4.90 Å². The third-order valence-electron chi connectivity index (χ3n) is 5.43. The Morgan fingerprint density at radius 1 is 1.09 bits per heavy atom. The molecule has 1 aliphatic rings. The fourth-order valence-electron chi connectivity index (χ4n) is 3.90. The van der Waals surface area contributed by atoms with Crippen molar-refractivity contribution < 1.29 is 32.2 Å². The molecule has 0 bridgehead atoms. The molecule has 1 heterocycles. The minimum atomic E-state index is -4.58. The largest absolute Gasteiger partial charge is 0.444 e. The van der Waals surface area contributed by atoms with Crippen molar-refractivity contribution >= 4 is 17.9 Å². The number of amides is 2. The van der Waals surface area contributed by atoms with Gasteiger partial charge in [0.2, 0.25) is 0 Å². The van der Waals surface area contributed by atoms with E-state index in [4.69, 9.17) is 9.47 Å². The van der Waals surface area contributed by atoms with E-state index in [-0.39, 0.29) is 24.3 Å². The minimum Gasteiger partial charge on any atom is -0.444 e. The maximum absolute atomic E-state index is 13.5. The van der Waals surface area contributed by atoms with E-state index in [1.54, 1.807) is 20.8 Å². The van der Waals surface area contributed by atoms with Crippen molar-refractivity contribution in [2.24, 2.45) is 0 Å². The van der Waals surface area contributed by atoms with Gasteiger partial charge in [0.1, 0.15) is 12.2 Å². The first-order valence-electron chi connectivity index (χ1n) is 11.1. The fourth-order valence-corrected chi connectivity index (χ4v) is 3.90. The van der Waals surface area contributed by atoms with Crippen LogP contribution in [0.5, 0.6) is 0 Å². The first kappa shape index (κ1) is 25.4. The lowest BCUT2D eigenvalue weighted by Gasteiger charge is -2.40. The van der Waals surface area contributed by atoms with E-state index in [0.29, 0.717) is 6.42 Å². The third kappa shape index (κ3) is 6.21. The molecule has 9 heteroatoms. The van der Waals surface area contributed by atoms with Crippen LogP contribution in [0.25, 0.3) is 0 Å². The number of alkyl halides is 3. The highest BCUT2D eigenvalue weighted by Gasteiger charge is 2.40. The van der Waals surface area contributed by atoms with Crippen molar-refractivity contribution in [2.75, 3.05) is 4.90 Å². The summed E-state index contributed by atoms with van der Waals surface area (Å²) in [6.07, 6.45) is -5.26. The van der Waals surface area contributed by atoms with Crippen molar-refractivity contribution in [2.45, 2.75) is 71.0 Å². The second kappa shape index (κ2) is 9.95. The van der Waals surface area contributed by atoms with E-state index in [1.807, 2.05) is 37.3 Å². The minimum absolute atomic E-state index is 0.0299. The van der Waals surface area contributed by atoms with Crippen LogP contribution in [-0.2, 0) is 22.3 Å². The van der Waals surface area contributed by atoms with Crippen LogP contribution in [-0.4, -0.2) is 23.8 Å². The van der Waals surface area contributed by atoms with Gasteiger partial charge in [-0.1, -0.05) is 37.3 Å². The van der Waals surface area contributed by atoms with Gasteiger partial charge in [0, 0.05) is 6.04 Å². The van der Waals surface area contributed by atoms with Crippen LogP contribution in [0.1, 0.15) is 63.3 Å². The fraction of sp³-hybridized carbons (Fsp3) is 0.440. The zero-order valence-corrected chi connectivity index (χ0v) is 19.6. The lowest BCUT2D eigenvalue weighted by Crippen LogP contribution is -2.48. The van der Waals surface area contributed by atoms with Crippen molar-refractivity contribution in [1.82, 2.24) is 5.32 Å². The molecule has 0 aliphatic carbocycles. The van der Waals surface area contributed by atoms with Crippen molar-refractivity contribution in [3.63, 3.8) is 0 Å². The summed E-state index contributed by atoms with van der Waals surface area (Å²) in [4.78, 5) is 26.9. The number of ether oxygens (including phenoxy) is 2. The number of carbonyl (C=O) groups is 2. The van der Waals surface area contributed by atoms with Crippen LogP contribution in [0, 0.1) is 0 Å². The van der Waals surface area contributed by atoms with Gasteiger partial charge in [-0.15, -0.1) is 0 Å². The molecule has 6 nitrogen and oxygen atoms in total. The van der Waals surface area contributed by atoms with Gasteiger partial charge < -0.3 is 14.8 Å². The molecule has 34 heavy (non-hydrogen) atoms. The molecule has 0 aromatic heterocycles. The highest BCUT2D eigenvalue weighted by atomic mass is 19.4. The van der Waals surface area contributed by atoms with Gasteiger partial charge >= 0.3 is 18.4 Å². The standard InChI is InChI=1S/C25H29F3N2O4/c1-5-18-14-20(29-22(31)34-24(2,3)4)19-13-17(25(26,27)28)11-12-21(19)30(18)23(32)33-15-16-9-7-6-8-10-16/h6-13,18,20H,5,14-15H2,1-4H3,(H,29,31)/t18-,20?/m0/s1. The molecule has 1 N–H and O–H groups in total. The summed E-state index contributed by atoms with van der Waals surface area (Å²) in [5.41, 5.74) is -0.396. The van der Waals surface area contributed by atoms with Crippen molar-refractivity contribution in [3.8, 4) is 0 Å². The Kier molecular flexibility index (Phi) is 7.43. The average Bonchev–Trinajstić information content (AvgIpc) is 2.75. The second-order valence-corrected chi connectivity index (χ2v) is 9.18. The normalized spacial score (nSPS) is 18.1. The highest BCUT2D eigenvalue weighted by molar-refractivity contribution is 5.90. The van der Waals surface area contributed by atoms with E-state index in [9.17, 15) is 22.8 Å². The van der Waals surface area contributed by atoms with E-state index in [1.165, 1.54) is 11.0 Å². The van der Waals surface area contributed by atoms with E-state index in [0.717, 1.165) is 17.7 Å². The Morgan fingerprint density at radius 3 is 2.35 bits per heavy atom. The Labute approximate surface area is 197 Å². The molecule has 3 rings (SSSR count). The zero-order valence-electron chi connectivity index (χ0n) is 19.6. The number of anilines is 1. The molecule has 2 amide bonds. The molecule has 184 valence electrons. The topological polar surface area (TPSA) is 67.9 Å². The van der Waals surface area contributed by atoms with Gasteiger partial charge in [-0.2, -0.15) is 13.2 Å². The molecule has 0 saturated heterocycles. The lowest BCUT2D eigenvalue weighted by molar-refractivity contribution is -0.137. The number of benzene rings is 2.